The third-order valence-electron chi connectivity index (χ3n) is 3.41. The fourth-order valence-corrected chi connectivity index (χ4v) is 2.10. The second kappa shape index (κ2) is 4.65. The number of carbonyl (C=O) groups excluding carboxylic acids is 1. The van der Waals surface area contributed by atoms with Crippen molar-refractivity contribution in [3.8, 4) is 0 Å². The van der Waals surface area contributed by atoms with Gasteiger partial charge in [0.2, 0.25) is 0 Å². The number of hydrogen-bond donors (Lipinski definition) is 0. The molecule has 3 heteroatoms. The zero-order chi connectivity index (χ0) is 13.3. The van der Waals surface area contributed by atoms with E-state index in [4.69, 9.17) is 4.43 Å². The SMILES string of the molecule is Cc1cccc(C(=O)O[Si](C)(C)C(C)(C)C)c1. The molecule has 1 aromatic carbocycles. The smallest absolute Gasteiger partial charge is 0.324 e. The van der Waals surface area contributed by atoms with Gasteiger partial charge in [-0.1, -0.05) is 38.5 Å². The van der Waals surface area contributed by atoms with Crippen molar-refractivity contribution in [1.29, 1.82) is 0 Å². The lowest BCUT2D eigenvalue weighted by atomic mass is 10.1. The van der Waals surface area contributed by atoms with Crippen LogP contribution in [0.25, 0.3) is 0 Å². The van der Waals surface area contributed by atoms with Crippen molar-refractivity contribution in [2.24, 2.45) is 0 Å². The van der Waals surface area contributed by atoms with Gasteiger partial charge in [-0.15, -0.1) is 0 Å². The van der Waals surface area contributed by atoms with E-state index in [1.165, 1.54) is 0 Å². The Bertz CT molecular complexity index is 416. The normalized spacial score (nSPS) is 12.4. The van der Waals surface area contributed by atoms with Crippen molar-refractivity contribution in [3.63, 3.8) is 0 Å². The molecule has 1 rings (SSSR count). The van der Waals surface area contributed by atoms with Gasteiger partial charge < -0.3 is 4.43 Å². The average Bonchev–Trinajstić information content (AvgIpc) is 2.15. The maximum absolute atomic E-state index is 12.1. The lowest BCUT2D eigenvalue weighted by Gasteiger charge is -2.35. The summed E-state index contributed by atoms with van der Waals surface area (Å²) < 4.78 is 5.74. The Kier molecular flexibility index (Phi) is 3.82. The molecule has 0 saturated carbocycles. The second-order valence-corrected chi connectivity index (χ2v) is 10.7. The summed E-state index contributed by atoms with van der Waals surface area (Å²) in [5.74, 6) is -0.194. The summed E-state index contributed by atoms with van der Waals surface area (Å²) in [6, 6.07) is 7.54. The molecule has 94 valence electrons. The van der Waals surface area contributed by atoms with Crippen molar-refractivity contribution in [2.75, 3.05) is 0 Å². The van der Waals surface area contributed by atoms with Gasteiger partial charge in [0.25, 0.3) is 8.32 Å². The Balaban J connectivity index is 2.87. The Labute approximate surface area is 105 Å². The van der Waals surface area contributed by atoms with E-state index in [2.05, 4.69) is 33.9 Å². The number of carbonyl (C=O) groups is 1. The van der Waals surface area contributed by atoms with Crippen LogP contribution < -0.4 is 0 Å². The van der Waals surface area contributed by atoms with Crippen LogP contribution in [0.5, 0.6) is 0 Å². The molecule has 0 amide bonds. The minimum Gasteiger partial charge on any atom is -0.516 e. The van der Waals surface area contributed by atoms with Crippen LogP contribution in [-0.4, -0.2) is 14.3 Å². The van der Waals surface area contributed by atoms with E-state index in [-0.39, 0.29) is 11.0 Å². The maximum atomic E-state index is 12.1. The fraction of sp³-hybridized carbons (Fsp3) is 0.500. The molecule has 0 radical (unpaired) electrons. The monoisotopic (exact) mass is 250 g/mol. The molecular weight excluding hydrogens is 228 g/mol. The standard InChI is InChI=1S/C14H22O2Si/c1-11-8-7-9-12(10-11)13(15)16-17(5,6)14(2,3)4/h7-10H,1-6H3. The van der Waals surface area contributed by atoms with Crippen LogP contribution in [0.2, 0.25) is 18.1 Å². The molecule has 0 unspecified atom stereocenters. The van der Waals surface area contributed by atoms with Gasteiger partial charge >= 0.3 is 5.97 Å². The van der Waals surface area contributed by atoms with Gasteiger partial charge in [0.1, 0.15) is 0 Å². The Morgan fingerprint density at radius 2 is 1.82 bits per heavy atom. The third-order valence-corrected chi connectivity index (χ3v) is 7.72. The van der Waals surface area contributed by atoms with Crippen molar-refractivity contribution < 1.29 is 9.22 Å². The lowest BCUT2D eigenvalue weighted by molar-refractivity contribution is 0.0712. The summed E-state index contributed by atoms with van der Waals surface area (Å²) in [5.41, 5.74) is 1.73. The van der Waals surface area contributed by atoms with Crippen LogP contribution in [0.15, 0.2) is 24.3 Å². The average molecular weight is 250 g/mol. The minimum absolute atomic E-state index is 0.0481. The fourth-order valence-electron chi connectivity index (χ4n) is 1.22. The molecular formula is C14H22O2Si. The first-order chi connectivity index (χ1) is 7.63. The first-order valence-electron chi connectivity index (χ1n) is 5.93. The topological polar surface area (TPSA) is 26.3 Å². The van der Waals surface area contributed by atoms with E-state index in [0.29, 0.717) is 5.56 Å². The van der Waals surface area contributed by atoms with Gasteiger partial charge in [0.05, 0.1) is 5.56 Å². The highest BCUT2D eigenvalue weighted by molar-refractivity contribution is 6.75. The van der Waals surface area contributed by atoms with E-state index >= 15 is 0 Å². The number of rotatable bonds is 2. The number of benzene rings is 1. The number of aryl methyl sites for hydroxylation is 1. The van der Waals surface area contributed by atoms with E-state index in [1.54, 1.807) is 0 Å². The number of hydrogen-bond acceptors (Lipinski definition) is 2. The van der Waals surface area contributed by atoms with Gasteiger partial charge in [0.15, 0.2) is 0 Å². The van der Waals surface area contributed by atoms with E-state index in [9.17, 15) is 4.79 Å². The molecule has 0 aliphatic heterocycles. The van der Waals surface area contributed by atoms with Gasteiger partial charge in [-0.05, 0) is 37.2 Å². The molecule has 2 nitrogen and oxygen atoms in total. The summed E-state index contributed by atoms with van der Waals surface area (Å²) in [6.07, 6.45) is 0. The molecule has 0 spiro atoms. The van der Waals surface area contributed by atoms with Crippen LogP contribution in [0.3, 0.4) is 0 Å². The molecule has 0 aliphatic carbocycles. The van der Waals surface area contributed by atoms with Crippen LogP contribution in [0.1, 0.15) is 36.7 Å². The summed E-state index contributed by atoms with van der Waals surface area (Å²) >= 11 is 0. The molecule has 0 aliphatic rings. The van der Waals surface area contributed by atoms with Gasteiger partial charge in [-0.2, -0.15) is 0 Å². The predicted octanol–water partition coefficient (Wildman–Crippen LogP) is 4.16. The zero-order valence-electron chi connectivity index (χ0n) is 11.6. The van der Waals surface area contributed by atoms with Crippen LogP contribution in [0.4, 0.5) is 0 Å². The van der Waals surface area contributed by atoms with Crippen molar-refractivity contribution in [3.05, 3.63) is 35.4 Å². The van der Waals surface area contributed by atoms with Crippen LogP contribution in [0, 0.1) is 6.92 Å². The molecule has 0 N–H and O–H groups in total. The van der Waals surface area contributed by atoms with Gasteiger partial charge in [-0.25, -0.2) is 4.79 Å². The van der Waals surface area contributed by atoms with Crippen LogP contribution in [-0.2, 0) is 4.43 Å². The summed E-state index contributed by atoms with van der Waals surface area (Å²) in [6.45, 7) is 12.5. The highest BCUT2D eigenvalue weighted by Crippen LogP contribution is 2.37. The van der Waals surface area contributed by atoms with Crippen LogP contribution >= 0.6 is 0 Å². The summed E-state index contributed by atoms with van der Waals surface area (Å²) in [7, 11) is -2.02. The zero-order valence-corrected chi connectivity index (χ0v) is 12.6. The van der Waals surface area contributed by atoms with Gasteiger partial charge in [-0.3, -0.25) is 0 Å². The summed E-state index contributed by atoms with van der Waals surface area (Å²) in [4.78, 5) is 12.1. The Morgan fingerprint density at radius 1 is 1.24 bits per heavy atom. The quantitative estimate of drug-likeness (QED) is 0.737. The lowest BCUT2D eigenvalue weighted by Crippen LogP contribution is -2.42. The molecule has 1 aromatic rings. The summed E-state index contributed by atoms with van der Waals surface area (Å²) in [5, 5.41) is 0.0481. The van der Waals surface area contributed by atoms with E-state index in [0.717, 1.165) is 5.56 Å². The molecule has 0 aromatic heterocycles. The molecule has 0 atom stereocenters. The van der Waals surface area contributed by atoms with Crippen molar-refractivity contribution >= 4 is 14.3 Å². The highest BCUT2D eigenvalue weighted by Gasteiger charge is 2.40. The highest BCUT2D eigenvalue weighted by atomic mass is 28.4. The van der Waals surface area contributed by atoms with Crippen molar-refractivity contribution in [1.82, 2.24) is 0 Å². The Morgan fingerprint density at radius 3 is 2.29 bits per heavy atom. The first-order valence-corrected chi connectivity index (χ1v) is 8.84. The maximum Gasteiger partial charge on any atom is 0.324 e. The Hall–Kier alpha value is -1.09. The molecule has 17 heavy (non-hydrogen) atoms. The van der Waals surface area contributed by atoms with Gasteiger partial charge in [0, 0.05) is 0 Å². The minimum atomic E-state index is -2.02. The van der Waals surface area contributed by atoms with E-state index < -0.39 is 8.32 Å². The molecule has 0 heterocycles. The molecule has 0 saturated heterocycles. The molecule has 0 bridgehead atoms. The predicted molar refractivity (Wildman–Crippen MR) is 73.8 cm³/mol. The second-order valence-electron chi connectivity index (χ2n) is 6.02. The first kappa shape index (κ1) is 14.0. The largest absolute Gasteiger partial charge is 0.516 e. The van der Waals surface area contributed by atoms with Crippen molar-refractivity contribution in [2.45, 2.75) is 45.8 Å². The van der Waals surface area contributed by atoms with E-state index in [1.807, 2.05) is 31.2 Å². The third kappa shape index (κ3) is 3.43. The molecule has 0 fully saturated rings.